The zero-order valence-electron chi connectivity index (χ0n) is 31.3. The van der Waals surface area contributed by atoms with Crippen molar-refractivity contribution in [2.75, 3.05) is 19.6 Å². The Labute approximate surface area is 295 Å². The largest absolute Gasteiger partial charge is 0.350 e. The lowest BCUT2D eigenvalue weighted by molar-refractivity contribution is -0.146. The van der Waals surface area contributed by atoms with Gasteiger partial charge in [-0.05, 0) is 59.5 Å². The van der Waals surface area contributed by atoms with Crippen LogP contribution in [0.2, 0.25) is 0 Å². The number of imide groups is 1. The highest BCUT2D eigenvalue weighted by molar-refractivity contribution is 6.38. The van der Waals surface area contributed by atoms with E-state index in [0.29, 0.717) is 24.1 Å². The van der Waals surface area contributed by atoms with Crippen LogP contribution in [-0.4, -0.2) is 88.8 Å². The molecule has 50 heavy (non-hydrogen) atoms. The van der Waals surface area contributed by atoms with E-state index in [9.17, 15) is 33.6 Å². The number of Topliss-reactive ketones (excluding diaryl/α,β-unsaturated/α-hetero) is 1. The number of hydrogen-bond donors (Lipinski definition) is 3. The normalized spacial score (nSPS) is 22.6. The van der Waals surface area contributed by atoms with Gasteiger partial charge in [0.2, 0.25) is 23.5 Å². The molecule has 3 N–H and O–H groups in total. The highest BCUT2D eigenvalue weighted by Gasteiger charge is 2.70. The number of benzene rings is 1. The zero-order valence-corrected chi connectivity index (χ0v) is 31.3. The highest BCUT2D eigenvalue weighted by Crippen LogP contribution is 2.65. The minimum atomic E-state index is -1.02. The van der Waals surface area contributed by atoms with Gasteiger partial charge in [-0.2, -0.15) is 0 Å². The van der Waals surface area contributed by atoms with E-state index in [0.717, 1.165) is 0 Å². The quantitative estimate of drug-likeness (QED) is 0.211. The molecule has 0 bridgehead atoms. The first kappa shape index (κ1) is 38.7. The molecule has 4 rings (SSSR count). The van der Waals surface area contributed by atoms with Crippen molar-refractivity contribution < 1.29 is 33.6 Å². The van der Waals surface area contributed by atoms with Crippen LogP contribution in [0, 0.1) is 34.0 Å². The molecule has 12 heteroatoms. The number of amides is 6. The fourth-order valence-electron chi connectivity index (χ4n) is 7.56. The summed E-state index contributed by atoms with van der Waals surface area (Å²) in [5.41, 5.74) is -0.734. The summed E-state index contributed by atoms with van der Waals surface area (Å²) in [6.45, 7) is 19.7. The Bertz CT molecular complexity index is 1520. The smallest absolute Gasteiger partial charge is 0.289 e. The second-order valence-electron chi connectivity index (χ2n) is 16.9. The van der Waals surface area contributed by atoms with Gasteiger partial charge in [0.25, 0.3) is 17.7 Å². The van der Waals surface area contributed by atoms with Crippen LogP contribution < -0.4 is 16.0 Å². The average molecular weight is 694 g/mol. The van der Waals surface area contributed by atoms with Crippen LogP contribution in [0.3, 0.4) is 0 Å². The second kappa shape index (κ2) is 14.3. The van der Waals surface area contributed by atoms with Crippen molar-refractivity contribution in [3.8, 4) is 0 Å². The Morgan fingerprint density at radius 3 is 1.98 bits per heavy atom. The molecule has 0 spiro atoms. The standard InChI is InChI=1S/C38H55N5O7/c1-11-15-25(29(45)32(47)39-12-2)40-31(46)28-27-24(38(27,9)10)20-42(28)35(50)30(37(6,7)8)41-26(44)18-21(36(3,4)5)19-43-33(48)22-16-13-14-17-23(22)34(43)49/h13-14,16-17,21,24-25,27-28,30H,11-12,15,18-20H2,1-10H3,(H,39,47)(H,40,46)(H,41,44)/t21-,24+,25?,27+,28+,30-/m1/s1. The van der Waals surface area contributed by atoms with Crippen molar-refractivity contribution in [1.82, 2.24) is 25.8 Å². The molecule has 6 atom stereocenters. The van der Waals surface area contributed by atoms with Crippen LogP contribution in [0.5, 0.6) is 0 Å². The van der Waals surface area contributed by atoms with Gasteiger partial charge in [0.1, 0.15) is 12.1 Å². The number of carbonyl (C=O) groups excluding carboxylic acids is 7. The average Bonchev–Trinajstić information content (AvgIpc) is 3.29. The van der Waals surface area contributed by atoms with Crippen LogP contribution in [0.1, 0.15) is 109 Å². The molecule has 2 aliphatic heterocycles. The number of carbonyl (C=O) groups is 7. The number of piperidine rings is 1. The summed E-state index contributed by atoms with van der Waals surface area (Å²) in [5.74, 6) is -4.06. The minimum absolute atomic E-state index is 0.0398. The van der Waals surface area contributed by atoms with Crippen LogP contribution in [0.25, 0.3) is 0 Å². The highest BCUT2D eigenvalue weighted by atomic mass is 16.2. The molecule has 1 saturated heterocycles. The number of likely N-dealkylation sites (N-methyl/N-ethyl adjacent to an activating group) is 1. The summed E-state index contributed by atoms with van der Waals surface area (Å²) in [6.07, 6.45) is 0.789. The Balaban J connectivity index is 1.53. The van der Waals surface area contributed by atoms with E-state index >= 15 is 0 Å². The topological polar surface area (TPSA) is 162 Å². The summed E-state index contributed by atoms with van der Waals surface area (Å²) in [5, 5.41) is 8.26. The summed E-state index contributed by atoms with van der Waals surface area (Å²) >= 11 is 0. The second-order valence-corrected chi connectivity index (χ2v) is 16.9. The molecule has 1 saturated carbocycles. The maximum atomic E-state index is 14.4. The van der Waals surface area contributed by atoms with Crippen molar-refractivity contribution >= 4 is 41.2 Å². The van der Waals surface area contributed by atoms with Gasteiger partial charge in [-0.1, -0.05) is 80.9 Å². The Kier molecular flexibility index (Phi) is 11.0. The molecule has 3 aliphatic rings. The summed E-state index contributed by atoms with van der Waals surface area (Å²) in [6, 6.07) is 3.77. The van der Waals surface area contributed by atoms with Crippen LogP contribution in [0.15, 0.2) is 24.3 Å². The molecule has 1 unspecified atom stereocenters. The monoisotopic (exact) mass is 693 g/mol. The number of rotatable bonds is 13. The predicted octanol–water partition coefficient (Wildman–Crippen LogP) is 3.34. The predicted molar refractivity (Wildman–Crippen MR) is 188 cm³/mol. The van der Waals surface area contributed by atoms with Gasteiger partial charge in [-0.15, -0.1) is 0 Å². The van der Waals surface area contributed by atoms with Gasteiger partial charge < -0.3 is 20.9 Å². The molecule has 2 fully saturated rings. The molecule has 12 nitrogen and oxygen atoms in total. The molecule has 0 aromatic heterocycles. The summed E-state index contributed by atoms with van der Waals surface area (Å²) < 4.78 is 0. The molecular formula is C38H55N5O7. The van der Waals surface area contributed by atoms with E-state index in [1.54, 1.807) is 31.2 Å². The van der Waals surface area contributed by atoms with Crippen molar-refractivity contribution in [3.05, 3.63) is 35.4 Å². The Morgan fingerprint density at radius 1 is 0.900 bits per heavy atom. The molecule has 0 radical (unpaired) electrons. The first-order valence-corrected chi connectivity index (χ1v) is 17.8. The lowest BCUT2D eigenvalue weighted by Gasteiger charge is -2.38. The van der Waals surface area contributed by atoms with Gasteiger partial charge in [0.15, 0.2) is 0 Å². The SMILES string of the molecule is CCCC(NC(=O)[C@@H]1[C@@H]2[C@H](CN1C(=O)[C@@H](NC(=O)C[C@H](CN1C(=O)c3ccccc3C1=O)C(C)(C)C)C(C)(C)C)C2(C)C)C(=O)C(=O)NCC. The van der Waals surface area contributed by atoms with E-state index in [4.69, 9.17) is 0 Å². The molecule has 274 valence electrons. The molecular weight excluding hydrogens is 638 g/mol. The summed E-state index contributed by atoms with van der Waals surface area (Å²) in [7, 11) is 0. The molecule has 1 aromatic carbocycles. The van der Waals surface area contributed by atoms with E-state index in [2.05, 4.69) is 29.8 Å². The van der Waals surface area contributed by atoms with Crippen LogP contribution in [-0.2, 0) is 24.0 Å². The van der Waals surface area contributed by atoms with E-state index < -0.39 is 76.1 Å². The number of hydrogen-bond acceptors (Lipinski definition) is 7. The number of likely N-dealkylation sites (tertiary alicyclic amines) is 1. The Hall–Kier alpha value is -4.09. The van der Waals surface area contributed by atoms with Crippen LogP contribution >= 0.6 is 0 Å². The van der Waals surface area contributed by atoms with E-state index in [-0.39, 0.29) is 43.2 Å². The molecule has 6 amide bonds. The van der Waals surface area contributed by atoms with Gasteiger partial charge in [-0.25, -0.2) is 0 Å². The van der Waals surface area contributed by atoms with Gasteiger partial charge in [0, 0.05) is 26.1 Å². The first-order valence-electron chi connectivity index (χ1n) is 17.8. The third-order valence-electron chi connectivity index (χ3n) is 10.9. The van der Waals surface area contributed by atoms with Gasteiger partial charge in [-0.3, -0.25) is 38.5 Å². The van der Waals surface area contributed by atoms with E-state index in [1.165, 1.54) is 9.80 Å². The fourth-order valence-corrected chi connectivity index (χ4v) is 7.56. The lowest BCUT2D eigenvalue weighted by Crippen LogP contribution is -2.60. The summed E-state index contributed by atoms with van der Waals surface area (Å²) in [4.78, 5) is 96.6. The fraction of sp³-hybridized carbons (Fsp3) is 0.658. The number of ketones is 1. The minimum Gasteiger partial charge on any atom is -0.350 e. The van der Waals surface area contributed by atoms with Crippen molar-refractivity contribution in [2.24, 2.45) is 34.0 Å². The van der Waals surface area contributed by atoms with E-state index in [1.807, 2.05) is 48.5 Å². The first-order chi connectivity index (χ1) is 23.2. The van der Waals surface area contributed by atoms with Gasteiger partial charge in [0.05, 0.1) is 17.2 Å². The molecule has 1 aliphatic carbocycles. The number of nitrogens with zero attached hydrogens (tertiary/aromatic N) is 2. The zero-order chi connectivity index (χ0) is 37.5. The van der Waals surface area contributed by atoms with Gasteiger partial charge >= 0.3 is 0 Å². The van der Waals surface area contributed by atoms with Crippen molar-refractivity contribution in [2.45, 2.75) is 107 Å². The molecule has 1 aromatic rings. The third kappa shape index (κ3) is 7.63. The maximum absolute atomic E-state index is 14.4. The maximum Gasteiger partial charge on any atom is 0.289 e. The number of fused-ring (bicyclic) bond motifs is 2. The van der Waals surface area contributed by atoms with Crippen LogP contribution in [0.4, 0.5) is 0 Å². The van der Waals surface area contributed by atoms with Crippen molar-refractivity contribution in [1.29, 1.82) is 0 Å². The third-order valence-corrected chi connectivity index (χ3v) is 10.9. The lowest BCUT2D eigenvalue weighted by atomic mass is 9.78. The number of nitrogens with one attached hydrogen (secondary N) is 3. The Morgan fingerprint density at radius 2 is 1.48 bits per heavy atom. The molecule has 2 heterocycles. The van der Waals surface area contributed by atoms with Crippen molar-refractivity contribution in [3.63, 3.8) is 0 Å².